The first kappa shape index (κ1) is 15.5. The van der Waals surface area contributed by atoms with Gasteiger partial charge in [0.1, 0.15) is 5.69 Å². The molecule has 6 heteroatoms. The number of hydrogen-bond donors (Lipinski definition) is 1. The van der Waals surface area contributed by atoms with E-state index in [0.29, 0.717) is 6.54 Å². The highest BCUT2D eigenvalue weighted by Crippen LogP contribution is 2.47. The van der Waals surface area contributed by atoms with Crippen LogP contribution >= 0.6 is 0 Å². The molecule has 23 heavy (non-hydrogen) atoms. The summed E-state index contributed by atoms with van der Waals surface area (Å²) in [6.07, 6.45) is -1.56. The molecule has 0 aliphatic heterocycles. The average Bonchev–Trinajstić information content (AvgIpc) is 3.34. The Balaban J connectivity index is 1.64. The van der Waals surface area contributed by atoms with Gasteiger partial charge in [-0.25, -0.2) is 0 Å². The number of aromatic nitrogens is 1. The minimum absolute atomic E-state index is 0.0454. The van der Waals surface area contributed by atoms with Gasteiger partial charge in [-0.05, 0) is 30.5 Å². The molecule has 0 atom stereocenters. The molecule has 3 rings (SSSR count). The predicted octanol–water partition coefficient (Wildman–Crippen LogP) is 3.56. The SMILES string of the molecule is O=C(NCC1(c2ccccc2)CC1)c1ccc(C(F)(F)F)nc1. The fourth-order valence-electron chi connectivity index (χ4n) is 2.56. The first-order valence-electron chi connectivity index (χ1n) is 7.28. The monoisotopic (exact) mass is 320 g/mol. The molecule has 1 aromatic carbocycles. The van der Waals surface area contributed by atoms with E-state index >= 15 is 0 Å². The van der Waals surface area contributed by atoms with E-state index in [4.69, 9.17) is 0 Å². The molecule has 1 heterocycles. The summed E-state index contributed by atoms with van der Waals surface area (Å²) in [5, 5.41) is 2.80. The van der Waals surface area contributed by atoms with Crippen LogP contribution in [0.4, 0.5) is 13.2 Å². The van der Waals surface area contributed by atoms with Crippen molar-refractivity contribution in [3.8, 4) is 0 Å². The van der Waals surface area contributed by atoms with Crippen molar-refractivity contribution in [3.05, 3.63) is 65.5 Å². The zero-order valence-electron chi connectivity index (χ0n) is 12.2. The molecular formula is C17H15F3N2O. The number of amides is 1. The van der Waals surface area contributed by atoms with Crippen molar-refractivity contribution in [1.29, 1.82) is 0 Å². The first-order valence-corrected chi connectivity index (χ1v) is 7.28. The lowest BCUT2D eigenvalue weighted by atomic mass is 9.96. The molecule has 0 bridgehead atoms. The zero-order valence-corrected chi connectivity index (χ0v) is 12.2. The fourth-order valence-corrected chi connectivity index (χ4v) is 2.56. The van der Waals surface area contributed by atoms with E-state index in [1.165, 1.54) is 5.56 Å². The highest BCUT2D eigenvalue weighted by atomic mass is 19.4. The van der Waals surface area contributed by atoms with Crippen molar-refractivity contribution in [2.24, 2.45) is 0 Å². The topological polar surface area (TPSA) is 42.0 Å². The normalized spacial score (nSPS) is 16.0. The van der Waals surface area contributed by atoms with E-state index in [1.807, 2.05) is 30.3 Å². The van der Waals surface area contributed by atoms with Crippen molar-refractivity contribution < 1.29 is 18.0 Å². The summed E-state index contributed by atoms with van der Waals surface area (Å²) in [5.74, 6) is -0.409. The molecular weight excluding hydrogens is 305 g/mol. The molecule has 0 unspecified atom stereocenters. The molecule has 0 spiro atoms. The van der Waals surface area contributed by atoms with Gasteiger partial charge in [0, 0.05) is 18.2 Å². The van der Waals surface area contributed by atoms with E-state index < -0.39 is 17.8 Å². The third-order valence-electron chi connectivity index (χ3n) is 4.14. The number of hydrogen-bond acceptors (Lipinski definition) is 2. The second-order valence-corrected chi connectivity index (χ2v) is 5.76. The summed E-state index contributed by atoms with van der Waals surface area (Å²) < 4.78 is 37.4. The summed E-state index contributed by atoms with van der Waals surface area (Å²) in [7, 11) is 0. The molecule has 1 amide bonds. The van der Waals surface area contributed by atoms with Crippen LogP contribution in [0.3, 0.4) is 0 Å². The Kier molecular flexibility index (Phi) is 3.83. The van der Waals surface area contributed by atoms with Gasteiger partial charge in [-0.15, -0.1) is 0 Å². The lowest BCUT2D eigenvalue weighted by molar-refractivity contribution is -0.141. The third kappa shape index (κ3) is 3.36. The van der Waals surface area contributed by atoms with Crippen molar-refractivity contribution in [2.75, 3.05) is 6.54 Å². The fraction of sp³-hybridized carbons (Fsp3) is 0.294. The van der Waals surface area contributed by atoms with Crippen LogP contribution in [0.25, 0.3) is 0 Å². The van der Waals surface area contributed by atoms with Crippen molar-refractivity contribution in [3.63, 3.8) is 0 Å². The van der Waals surface area contributed by atoms with Crippen LogP contribution in [-0.2, 0) is 11.6 Å². The number of benzene rings is 1. The van der Waals surface area contributed by atoms with Gasteiger partial charge in [-0.2, -0.15) is 13.2 Å². The number of halogens is 3. The van der Waals surface area contributed by atoms with Gasteiger partial charge < -0.3 is 5.32 Å². The van der Waals surface area contributed by atoms with Crippen molar-refractivity contribution in [1.82, 2.24) is 10.3 Å². The number of alkyl halides is 3. The molecule has 1 aliphatic carbocycles. The minimum atomic E-state index is -4.50. The Hall–Kier alpha value is -2.37. The largest absolute Gasteiger partial charge is 0.433 e. The maximum atomic E-state index is 12.5. The molecule has 1 N–H and O–H groups in total. The highest BCUT2D eigenvalue weighted by molar-refractivity contribution is 5.93. The second-order valence-electron chi connectivity index (χ2n) is 5.76. The van der Waals surface area contributed by atoms with Crippen LogP contribution in [0.5, 0.6) is 0 Å². The summed E-state index contributed by atoms with van der Waals surface area (Å²) in [5.41, 5.74) is 0.251. The number of rotatable bonds is 4. The number of pyridine rings is 1. The molecule has 3 nitrogen and oxygen atoms in total. The molecule has 1 saturated carbocycles. The quantitative estimate of drug-likeness (QED) is 0.936. The van der Waals surface area contributed by atoms with E-state index in [9.17, 15) is 18.0 Å². The Morgan fingerprint density at radius 3 is 2.35 bits per heavy atom. The predicted molar refractivity (Wildman–Crippen MR) is 78.9 cm³/mol. The summed E-state index contributed by atoms with van der Waals surface area (Å²) >= 11 is 0. The van der Waals surface area contributed by atoms with E-state index in [2.05, 4.69) is 10.3 Å². The number of nitrogens with zero attached hydrogens (tertiary/aromatic N) is 1. The molecule has 1 aromatic heterocycles. The highest BCUT2D eigenvalue weighted by Gasteiger charge is 2.44. The van der Waals surface area contributed by atoms with Crippen LogP contribution in [0.2, 0.25) is 0 Å². The van der Waals surface area contributed by atoms with Gasteiger partial charge in [-0.1, -0.05) is 30.3 Å². The summed E-state index contributed by atoms with van der Waals surface area (Å²) in [4.78, 5) is 15.4. The van der Waals surface area contributed by atoms with E-state index in [0.717, 1.165) is 31.2 Å². The van der Waals surface area contributed by atoms with Crippen LogP contribution in [0.15, 0.2) is 48.7 Å². The van der Waals surface area contributed by atoms with Crippen LogP contribution < -0.4 is 5.32 Å². The van der Waals surface area contributed by atoms with Crippen molar-refractivity contribution in [2.45, 2.75) is 24.4 Å². The second kappa shape index (κ2) is 5.68. The van der Waals surface area contributed by atoms with Gasteiger partial charge in [0.25, 0.3) is 5.91 Å². The lowest BCUT2D eigenvalue weighted by Crippen LogP contribution is -2.32. The molecule has 2 aromatic rings. The first-order chi connectivity index (χ1) is 10.9. The number of carbonyl (C=O) groups excluding carboxylic acids is 1. The molecule has 1 aliphatic rings. The van der Waals surface area contributed by atoms with Gasteiger partial charge in [0.15, 0.2) is 0 Å². The Bertz CT molecular complexity index is 692. The smallest absolute Gasteiger partial charge is 0.351 e. The van der Waals surface area contributed by atoms with E-state index in [1.54, 1.807) is 0 Å². The van der Waals surface area contributed by atoms with E-state index in [-0.39, 0.29) is 11.0 Å². The standard InChI is InChI=1S/C17H15F3N2O/c18-17(19,20)14-7-6-12(10-21-14)15(23)22-11-16(8-9-16)13-4-2-1-3-5-13/h1-7,10H,8-9,11H2,(H,22,23). The minimum Gasteiger partial charge on any atom is -0.351 e. The number of carbonyl (C=O) groups is 1. The van der Waals surface area contributed by atoms with Crippen molar-refractivity contribution >= 4 is 5.91 Å². The van der Waals surface area contributed by atoms with Crippen LogP contribution in [0.1, 0.15) is 34.5 Å². The van der Waals surface area contributed by atoms with Crippen LogP contribution in [-0.4, -0.2) is 17.4 Å². The molecule has 1 fully saturated rings. The number of nitrogens with one attached hydrogen (secondary N) is 1. The van der Waals surface area contributed by atoms with Gasteiger partial charge in [-0.3, -0.25) is 9.78 Å². The lowest BCUT2D eigenvalue weighted by Gasteiger charge is -2.16. The zero-order chi connectivity index (χ0) is 16.5. The molecule has 120 valence electrons. The molecule has 0 radical (unpaired) electrons. The average molecular weight is 320 g/mol. The van der Waals surface area contributed by atoms with Gasteiger partial charge >= 0.3 is 6.18 Å². The maximum absolute atomic E-state index is 12.5. The van der Waals surface area contributed by atoms with Gasteiger partial charge in [0.2, 0.25) is 0 Å². The maximum Gasteiger partial charge on any atom is 0.433 e. The van der Waals surface area contributed by atoms with Crippen LogP contribution in [0, 0.1) is 0 Å². The molecule has 0 saturated heterocycles. The third-order valence-corrected chi connectivity index (χ3v) is 4.14. The Labute approximate surface area is 131 Å². The summed E-state index contributed by atoms with van der Waals surface area (Å²) in [6, 6.07) is 11.9. The Morgan fingerprint density at radius 2 is 1.83 bits per heavy atom. The summed E-state index contributed by atoms with van der Waals surface area (Å²) in [6.45, 7) is 0.469. The van der Waals surface area contributed by atoms with Gasteiger partial charge in [0.05, 0.1) is 5.56 Å². The Morgan fingerprint density at radius 1 is 1.13 bits per heavy atom.